The Kier molecular flexibility index (Phi) is 4.29. The molecule has 0 amide bonds. The molecule has 0 saturated heterocycles. The highest BCUT2D eigenvalue weighted by molar-refractivity contribution is 5.45. The lowest BCUT2D eigenvalue weighted by Gasteiger charge is -2.23. The van der Waals surface area contributed by atoms with Crippen LogP contribution in [0.1, 0.15) is 68.1 Å². The fraction of sp³-hybridized carbons (Fsp3) is 0.611. The Bertz CT molecular complexity index is 608. The van der Waals surface area contributed by atoms with Crippen LogP contribution in [0.25, 0.3) is 5.65 Å². The molecule has 1 fully saturated rings. The highest BCUT2D eigenvalue weighted by Gasteiger charge is 2.20. The molecule has 2 aromatic heterocycles. The lowest BCUT2D eigenvalue weighted by Crippen LogP contribution is -2.17. The third kappa shape index (κ3) is 2.98. The Labute approximate surface area is 127 Å². The van der Waals surface area contributed by atoms with Crippen LogP contribution in [0.3, 0.4) is 0 Å². The third-order valence-electron chi connectivity index (χ3n) is 5.02. The summed E-state index contributed by atoms with van der Waals surface area (Å²) in [5, 5.41) is 0. The Hall–Kier alpha value is -1.35. The molecule has 3 heteroatoms. The SMILES string of the molecule is Cc1nc2cccc(C)n2c1C(N)CCC1CCCCC1. The first-order chi connectivity index (χ1) is 10.2. The van der Waals surface area contributed by atoms with Crippen molar-refractivity contribution in [1.82, 2.24) is 9.38 Å². The molecule has 0 spiro atoms. The van der Waals surface area contributed by atoms with Crippen molar-refractivity contribution in [1.29, 1.82) is 0 Å². The minimum Gasteiger partial charge on any atom is -0.323 e. The predicted octanol–water partition coefficient (Wildman–Crippen LogP) is 4.31. The molecule has 0 bridgehead atoms. The molecule has 114 valence electrons. The van der Waals surface area contributed by atoms with Gasteiger partial charge in [0.2, 0.25) is 0 Å². The van der Waals surface area contributed by atoms with Crippen LogP contribution in [-0.4, -0.2) is 9.38 Å². The number of hydrogen-bond acceptors (Lipinski definition) is 2. The van der Waals surface area contributed by atoms with Crippen LogP contribution in [-0.2, 0) is 0 Å². The number of hydrogen-bond donors (Lipinski definition) is 1. The van der Waals surface area contributed by atoms with E-state index in [0.717, 1.165) is 23.7 Å². The molecule has 0 aliphatic heterocycles. The van der Waals surface area contributed by atoms with Crippen molar-refractivity contribution in [2.75, 3.05) is 0 Å². The van der Waals surface area contributed by atoms with Gasteiger partial charge in [0.05, 0.1) is 11.4 Å². The van der Waals surface area contributed by atoms with Gasteiger partial charge in [-0.25, -0.2) is 4.98 Å². The standard InChI is InChI=1S/C18H27N3/c1-13-7-6-10-17-20-14(2)18(21(13)17)16(19)12-11-15-8-4-3-5-9-15/h6-7,10,15-16H,3-5,8-9,11-12,19H2,1-2H3. The van der Waals surface area contributed by atoms with Gasteiger partial charge in [-0.15, -0.1) is 0 Å². The Balaban J connectivity index is 1.77. The average molecular weight is 285 g/mol. The first-order valence-corrected chi connectivity index (χ1v) is 8.37. The molecule has 2 heterocycles. The summed E-state index contributed by atoms with van der Waals surface area (Å²) in [6, 6.07) is 6.36. The number of rotatable bonds is 4. The number of pyridine rings is 1. The van der Waals surface area contributed by atoms with E-state index in [9.17, 15) is 0 Å². The number of aromatic nitrogens is 2. The maximum absolute atomic E-state index is 6.53. The lowest BCUT2D eigenvalue weighted by molar-refractivity contribution is 0.323. The Morgan fingerprint density at radius 3 is 2.76 bits per heavy atom. The second kappa shape index (κ2) is 6.18. The highest BCUT2D eigenvalue weighted by atomic mass is 15.0. The van der Waals surface area contributed by atoms with E-state index in [-0.39, 0.29) is 6.04 Å². The van der Waals surface area contributed by atoms with Gasteiger partial charge < -0.3 is 5.73 Å². The summed E-state index contributed by atoms with van der Waals surface area (Å²) in [7, 11) is 0. The fourth-order valence-corrected chi connectivity index (χ4v) is 3.86. The summed E-state index contributed by atoms with van der Waals surface area (Å²) in [5.74, 6) is 0.894. The van der Waals surface area contributed by atoms with Gasteiger partial charge in [-0.3, -0.25) is 4.40 Å². The summed E-state index contributed by atoms with van der Waals surface area (Å²) in [4.78, 5) is 4.67. The molecule has 0 aromatic carbocycles. The van der Waals surface area contributed by atoms with Crippen molar-refractivity contribution in [3.05, 3.63) is 35.3 Å². The maximum atomic E-state index is 6.53. The zero-order chi connectivity index (χ0) is 14.8. The Morgan fingerprint density at radius 1 is 1.24 bits per heavy atom. The van der Waals surface area contributed by atoms with E-state index in [1.165, 1.54) is 49.9 Å². The van der Waals surface area contributed by atoms with E-state index in [1.807, 2.05) is 0 Å². The molecule has 1 atom stereocenters. The van der Waals surface area contributed by atoms with Gasteiger partial charge in [-0.05, 0) is 44.7 Å². The van der Waals surface area contributed by atoms with Crippen molar-refractivity contribution in [2.45, 2.75) is 64.8 Å². The topological polar surface area (TPSA) is 43.3 Å². The molecule has 1 aliphatic rings. The number of nitrogens with two attached hydrogens (primary N) is 1. The second-order valence-electron chi connectivity index (χ2n) is 6.63. The van der Waals surface area contributed by atoms with E-state index in [0.29, 0.717) is 0 Å². The smallest absolute Gasteiger partial charge is 0.137 e. The van der Waals surface area contributed by atoms with Crippen molar-refractivity contribution in [3.8, 4) is 0 Å². The normalized spacial score (nSPS) is 18.2. The summed E-state index contributed by atoms with van der Waals surface area (Å²) in [6.07, 6.45) is 9.39. The van der Waals surface area contributed by atoms with Gasteiger partial charge >= 0.3 is 0 Å². The molecule has 1 aliphatic carbocycles. The molecular formula is C18H27N3. The predicted molar refractivity (Wildman–Crippen MR) is 87.4 cm³/mol. The summed E-state index contributed by atoms with van der Waals surface area (Å²) < 4.78 is 2.24. The van der Waals surface area contributed by atoms with Gasteiger partial charge in [-0.2, -0.15) is 0 Å². The lowest BCUT2D eigenvalue weighted by atomic mass is 9.85. The molecular weight excluding hydrogens is 258 g/mol. The van der Waals surface area contributed by atoms with Crippen LogP contribution in [0.2, 0.25) is 0 Å². The number of fused-ring (bicyclic) bond motifs is 1. The van der Waals surface area contributed by atoms with Gasteiger partial charge in [0, 0.05) is 11.7 Å². The molecule has 0 radical (unpaired) electrons. The van der Waals surface area contributed by atoms with Crippen molar-refractivity contribution in [3.63, 3.8) is 0 Å². The third-order valence-corrected chi connectivity index (χ3v) is 5.02. The van der Waals surface area contributed by atoms with Crippen molar-refractivity contribution < 1.29 is 0 Å². The highest BCUT2D eigenvalue weighted by Crippen LogP contribution is 2.30. The monoisotopic (exact) mass is 285 g/mol. The first kappa shape index (κ1) is 14.6. The van der Waals surface area contributed by atoms with Gasteiger partial charge in [0.25, 0.3) is 0 Å². The summed E-state index contributed by atoms with van der Waals surface area (Å²) in [6.45, 7) is 4.22. The van der Waals surface area contributed by atoms with E-state index in [1.54, 1.807) is 0 Å². The molecule has 1 saturated carbocycles. The molecule has 1 unspecified atom stereocenters. The quantitative estimate of drug-likeness (QED) is 0.909. The fourth-order valence-electron chi connectivity index (χ4n) is 3.86. The first-order valence-electron chi connectivity index (χ1n) is 8.37. The Morgan fingerprint density at radius 2 is 2.00 bits per heavy atom. The number of imidazole rings is 1. The minimum atomic E-state index is 0.100. The molecule has 3 rings (SSSR count). The van der Waals surface area contributed by atoms with Crippen LogP contribution in [0.5, 0.6) is 0 Å². The van der Waals surface area contributed by atoms with Crippen LogP contribution < -0.4 is 5.73 Å². The molecule has 2 aromatic rings. The molecule has 21 heavy (non-hydrogen) atoms. The zero-order valence-electron chi connectivity index (χ0n) is 13.3. The number of nitrogens with zero attached hydrogens (tertiary/aromatic N) is 2. The van der Waals surface area contributed by atoms with Crippen LogP contribution in [0.15, 0.2) is 18.2 Å². The second-order valence-corrected chi connectivity index (χ2v) is 6.63. The van der Waals surface area contributed by atoms with Crippen LogP contribution in [0.4, 0.5) is 0 Å². The maximum Gasteiger partial charge on any atom is 0.137 e. The van der Waals surface area contributed by atoms with E-state index in [4.69, 9.17) is 5.73 Å². The molecule has 2 N–H and O–H groups in total. The molecule has 3 nitrogen and oxygen atoms in total. The summed E-state index contributed by atoms with van der Waals surface area (Å²) >= 11 is 0. The van der Waals surface area contributed by atoms with E-state index in [2.05, 4.69) is 41.4 Å². The van der Waals surface area contributed by atoms with E-state index < -0.39 is 0 Å². The van der Waals surface area contributed by atoms with E-state index >= 15 is 0 Å². The van der Waals surface area contributed by atoms with Crippen LogP contribution in [0, 0.1) is 19.8 Å². The van der Waals surface area contributed by atoms with Gasteiger partial charge in [0.15, 0.2) is 0 Å². The van der Waals surface area contributed by atoms with Gasteiger partial charge in [0.1, 0.15) is 5.65 Å². The number of aryl methyl sites for hydroxylation is 2. The van der Waals surface area contributed by atoms with Crippen LogP contribution >= 0.6 is 0 Å². The summed E-state index contributed by atoms with van der Waals surface area (Å²) in [5.41, 5.74) is 11.1. The van der Waals surface area contributed by atoms with Crippen molar-refractivity contribution in [2.24, 2.45) is 11.7 Å². The zero-order valence-corrected chi connectivity index (χ0v) is 13.3. The largest absolute Gasteiger partial charge is 0.323 e. The van der Waals surface area contributed by atoms with Crippen molar-refractivity contribution >= 4 is 5.65 Å². The minimum absolute atomic E-state index is 0.100. The average Bonchev–Trinajstić information content (AvgIpc) is 2.83. The van der Waals surface area contributed by atoms with Gasteiger partial charge in [-0.1, -0.05) is 38.2 Å².